The molecule has 1 saturated carbocycles. The van der Waals surface area contributed by atoms with E-state index in [4.69, 9.17) is 10.2 Å². The number of nitrogens with two attached hydrogens (primary N) is 1. The van der Waals surface area contributed by atoms with Crippen LogP contribution < -0.4 is 10.6 Å². The summed E-state index contributed by atoms with van der Waals surface area (Å²) in [5.41, 5.74) is 8.15. The first-order valence-corrected chi connectivity index (χ1v) is 6.56. The van der Waals surface area contributed by atoms with Crippen molar-refractivity contribution < 1.29 is 4.42 Å². The van der Waals surface area contributed by atoms with Crippen LogP contribution in [0.15, 0.2) is 22.6 Å². The molecule has 0 aliphatic heterocycles. The zero-order valence-electron chi connectivity index (χ0n) is 10.9. The monoisotopic (exact) mass is 245 g/mol. The highest BCUT2D eigenvalue weighted by molar-refractivity contribution is 5.78. The summed E-state index contributed by atoms with van der Waals surface area (Å²) < 4.78 is 5.85. The molecule has 0 radical (unpaired) electrons. The Balaban J connectivity index is 1.95. The molecule has 2 N–H and O–H groups in total. The van der Waals surface area contributed by atoms with E-state index < -0.39 is 0 Å². The molecule has 18 heavy (non-hydrogen) atoms. The maximum Gasteiger partial charge on any atom is 0.298 e. The van der Waals surface area contributed by atoms with Crippen molar-refractivity contribution in [3.8, 4) is 0 Å². The summed E-state index contributed by atoms with van der Waals surface area (Å²) in [5.74, 6) is 0.602. The lowest BCUT2D eigenvalue weighted by Gasteiger charge is -2.21. The summed E-state index contributed by atoms with van der Waals surface area (Å²) in [6.07, 6.45) is 2.49. The van der Waals surface area contributed by atoms with E-state index in [0.29, 0.717) is 12.0 Å². The molecule has 4 heteroatoms. The first-order chi connectivity index (χ1) is 8.63. The van der Waals surface area contributed by atoms with Crippen LogP contribution in [0.5, 0.6) is 0 Å². The average molecular weight is 245 g/mol. The molecule has 0 atom stereocenters. The van der Waals surface area contributed by atoms with Crippen molar-refractivity contribution >= 4 is 22.8 Å². The quantitative estimate of drug-likeness (QED) is 0.841. The van der Waals surface area contributed by atoms with E-state index in [1.54, 1.807) is 0 Å². The Morgan fingerprint density at radius 1 is 1.44 bits per heavy atom. The number of oxazole rings is 1. The Hall–Kier alpha value is -1.71. The minimum absolute atomic E-state index is 0.602. The van der Waals surface area contributed by atoms with Crippen LogP contribution in [0.3, 0.4) is 0 Å². The largest absolute Gasteiger partial charge is 0.423 e. The third kappa shape index (κ3) is 2.15. The zero-order chi connectivity index (χ0) is 12.7. The molecule has 0 saturated heterocycles. The van der Waals surface area contributed by atoms with E-state index in [9.17, 15) is 0 Å². The van der Waals surface area contributed by atoms with Crippen molar-refractivity contribution in [1.82, 2.24) is 4.98 Å². The molecule has 0 amide bonds. The van der Waals surface area contributed by atoms with Gasteiger partial charge in [0, 0.05) is 18.3 Å². The number of rotatable bonds is 4. The lowest BCUT2D eigenvalue weighted by atomic mass is 10.2. The summed E-state index contributed by atoms with van der Waals surface area (Å²) in [6.45, 7) is 5.43. The molecule has 1 fully saturated rings. The van der Waals surface area contributed by atoms with Crippen molar-refractivity contribution in [2.24, 2.45) is 5.92 Å². The lowest BCUT2D eigenvalue weighted by molar-refractivity contribution is 0.525. The number of nitrogens with zero attached hydrogens (tertiary/aromatic N) is 2. The van der Waals surface area contributed by atoms with Crippen LogP contribution in [0.1, 0.15) is 26.7 Å². The summed E-state index contributed by atoms with van der Waals surface area (Å²) >= 11 is 0. The molecule has 0 bridgehead atoms. The second-order valence-electron chi connectivity index (χ2n) is 5.50. The van der Waals surface area contributed by atoms with Crippen LogP contribution in [0.25, 0.3) is 11.1 Å². The van der Waals surface area contributed by atoms with Gasteiger partial charge in [-0.3, -0.25) is 0 Å². The summed E-state index contributed by atoms with van der Waals surface area (Å²) in [5, 5.41) is 0. The Kier molecular flexibility index (Phi) is 2.65. The molecule has 2 aromatic rings. The lowest BCUT2D eigenvalue weighted by Crippen LogP contribution is -2.29. The van der Waals surface area contributed by atoms with Crippen molar-refractivity contribution in [2.45, 2.75) is 32.7 Å². The van der Waals surface area contributed by atoms with Crippen molar-refractivity contribution in [1.29, 1.82) is 0 Å². The van der Waals surface area contributed by atoms with Crippen molar-refractivity contribution in [3.05, 3.63) is 18.2 Å². The highest BCUT2D eigenvalue weighted by Gasteiger charge is 2.32. The van der Waals surface area contributed by atoms with Crippen LogP contribution in [0.2, 0.25) is 0 Å². The van der Waals surface area contributed by atoms with Gasteiger partial charge in [-0.05, 0) is 37.0 Å². The van der Waals surface area contributed by atoms with Gasteiger partial charge in [0.25, 0.3) is 6.01 Å². The fraction of sp³-hybridized carbons (Fsp3) is 0.500. The van der Waals surface area contributed by atoms with Gasteiger partial charge in [0.05, 0.1) is 0 Å². The number of nitrogen functional groups attached to an aromatic ring is 1. The van der Waals surface area contributed by atoms with Gasteiger partial charge in [0.2, 0.25) is 0 Å². The molecule has 4 nitrogen and oxygen atoms in total. The minimum atomic E-state index is 0.602. The summed E-state index contributed by atoms with van der Waals surface area (Å²) in [7, 11) is 0. The molecule has 1 aliphatic rings. The van der Waals surface area contributed by atoms with Crippen LogP contribution in [-0.2, 0) is 0 Å². The first kappa shape index (κ1) is 11.4. The van der Waals surface area contributed by atoms with Gasteiger partial charge in [-0.1, -0.05) is 13.8 Å². The van der Waals surface area contributed by atoms with Crippen LogP contribution in [0.4, 0.5) is 11.7 Å². The molecule has 1 aromatic heterocycles. The average Bonchev–Trinajstić information content (AvgIpc) is 3.05. The van der Waals surface area contributed by atoms with Gasteiger partial charge in [0.1, 0.15) is 5.52 Å². The maximum absolute atomic E-state index is 5.85. The van der Waals surface area contributed by atoms with Gasteiger partial charge < -0.3 is 15.1 Å². The molecule has 96 valence electrons. The second kappa shape index (κ2) is 4.19. The fourth-order valence-corrected chi connectivity index (χ4v) is 2.22. The third-order valence-corrected chi connectivity index (χ3v) is 3.20. The van der Waals surface area contributed by atoms with Gasteiger partial charge in [-0.15, -0.1) is 0 Å². The fourth-order valence-electron chi connectivity index (χ4n) is 2.22. The predicted molar refractivity (Wildman–Crippen MR) is 73.6 cm³/mol. The number of anilines is 2. The van der Waals surface area contributed by atoms with E-state index >= 15 is 0 Å². The molecule has 1 aromatic carbocycles. The third-order valence-electron chi connectivity index (χ3n) is 3.20. The Morgan fingerprint density at radius 2 is 2.22 bits per heavy atom. The molecular weight excluding hydrogens is 226 g/mol. The molecule has 0 unspecified atom stereocenters. The van der Waals surface area contributed by atoms with Crippen molar-refractivity contribution in [3.63, 3.8) is 0 Å². The van der Waals surface area contributed by atoms with E-state index in [0.717, 1.165) is 29.3 Å². The van der Waals surface area contributed by atoms with E-state index in [1.807, 2.05) is 18.2 Å². The highest BCUT2D eigenvalue weighted by Crippen LogP contribution is 2.33. The second-order valence-corrected chi connectivity index (χ2v) is 5.50. The van der Waals surface area contributed by atoms with Crippen molar-refractivity contribution in [2.75, 3.05) is 17.2 Å². The van der Waals surface area contributed by atoms with E-state index in [-0.39, 0.29) is 0 Å². The molecular formula is C14H19N3O. The van der Waals surface area contributed by atoms with Gasteiger partial charge >= 0.3 is 0 Å². The van der Waals surface area contributed by atoms with Gasteiger partial charge in [-0.25, -0.2) is 0 Å². The van der Waals surface area contributed by atoms with E-state index in [2.05, 4.69) is 23.7 Å². The van der Waals surface area contributed by atoms with Crippen LogP contribution >= 0.6 is 0 Å². The minimum Gasteiger partial charge on any atom is -0.423 e. The highest BCUT2D eigenvalue weighted by atomic mass is 16.4. The first-order valence-electron chi connectivity index (χ1n) is 6.56. The van der Waals surface area contributed by atoms with Gasteiger partial charge in [-0.2, -0.15) is 4.98 Å². The number of benzene rings is 1. The summed E-state index contributed by atoms with van der Waals surface area (Å²) in [4.78, 5) is 6.86. The number of aromatic nitrogens is 1. The predicted octanol–water partition coefficient (Wildman–Crippen LogP) is 3.03. The van der Waals surface area contributed by atoms with E-state index in [1.165, 1.54) is 12.8 Å². The topological polar surface area (TPSA) is 55.3 Å². The van der Waals surface area contributed by atoms with Crippen LogP contribution in [0, 0.1) is 5.92 Å². The Labute approximate surface area is 107 Å². The number of fused-ring (bicyclic) bond motifs is 1. The molecule has 3 rings (SSSR count). The summed E-state index contributed by atoms with van der Waals surface area (Å²) in [6, 6.07) is 6.95. The maximum atomic E-state index is 5.85. The van der Waals surface area contributed by atoms with Crippen LogP contribution in [-0.4, -0.2) is 17.6 Å². The SMILES string of the molecule is CC(C)CN(c1nc2cc(N)ccc2o1)C1CC1. The standard InChI is InChI=1S/C14H19N3O/c1-9(2)8-17(11-4-5-11)14-16-12-7-10(15)3-6-13(12)18-14/h3,6-7,9,11H,4-5,8,15H2,1-2H3. The number of hydrogen-bond acceptors (Lipinski definition) is 4. The Morgan fingerprint density at radius 3 is 2.89 bits per heavy atom. The molecule has 0 spiro atoms. The smallest absolute Gasteiger partial charge is 0.298 e. The Bertz CT molecular complexity index is 557. The molecule has 1 aliphatic carbocycles. The normalized spacial score (nSPS) is 15.5. The van der Waals surface area contributed by atoms with Gasteiger partial charge in [0.15, 0.2) is 5.58 Å². The number of hydrogen-bond donors (Lipinski definition) is 1. The molecule has 1 heterocycles. The zero-order valence-corrected chi connectivity index (χ0v) is 10.9.